The molecule has 4 heteroatoms. The van der Waals surface area contributed by atoms with Crippen LogP contribution in [-0.4, -0.2) is 11.3 Å². The van der Waals surface area contributed by atoms with Crippen LogP contribution in [0.3, 0.4) is 0 Å². The van der Waals surface area contributed by atoms with E-state index in [1.807, 2.05) is 11.7 Å². The normalized spacial score (nSPS) is 20.7. The summed E-state index contributed by atoms with van der Waals surface area (Å²) in [6.07, 6.45) is 10.4. The van der Waals surface area contributed by atoms with Crippen molar-refractivity contribution >= 4 is 24.2 Å². The molecule has 2 fully saturated rings. The van der Waals surface area contributed by atoms with E-state index in [2.05, 4.69) is 6.07 Å². The summed E-state index contributed by atoms with van der Waals surface area (Å²) in [5.74, 6) is -0.110. The first-order chi connectivity index (χ1) is 9.77. The molecule has 0 saturated heterocycles. The molecule has 0 aliphatic heterocycles. The number of rotatable bonds is 4. The van der Waals surface area contributed by atoms with Crippen molar-refractivity contribution in [3.8, 4) is 0 Å². The SMILES string of the molecule is Fc1cccc([P+]([CH-]Cl)(C2CCCC2)C2CCCC2)c1.[Pd]. The Morgan fingerprint density at radius 2 is 1.52 bits per heavy atom. The standard InChI is InChI=1S/C17H23ClFP.Pd/c18-13-20(15-7-1-2-8-15,16-9-3-4-10-16)17-11-5-6-14(19)12-17;/h5-6,11-13,15-16H,1-4,7-10H2;. The van der Waals surface area contributed by atoms with Crippen molar-refractivity contribution in [3.63, 3.8) is 0 Å². The van der Waals surface area contributed by atoms with Gasteiger partial charge in [-0.3, -0.25) is 0 Å². The summed E-state index contributed by atoms with van der Waals surface area (Å²) in [5.41, 5.74) is 3.41. The third kappa shape index (κ3) is 3.40. The molecule has 0 amide bonds. The second-order valence-electron chi connectivity index (χ2n) is 6.29. The molecule has 0 radical (unpaired) electrons. The molecule has 21 heavy (non-hydrogen) atoms. The Balaban J connectivity index is 0.00000161. The van der Waals surface area contributed by atoms with Crippen LogP contribution < -0.4 is 5.30 Å². The minimum atomic E-state index is -1.55. The molecule has 2 aliphatic carbocycles. The summed E-state index contributed by atoms with van der Waals surface area (Å²) in [4.78, 5) is 0. The van der Waals surface area contributed by atoms with Crippen molar-refractivity contribution in [3.05, 3.63) is 35.7 Å². The van der Waals surface area contributed by atoms with Gasteiger partial charge in [0.1, 0.15) is 5.82 Å². The van der Waals surface area contributed by atoms with Gasteiger partial charge in [-0.05, 0) is 63.5 Å². The molecule has 1 aromatic rings. The Bertz CT molecular complexity index is 440. The minimum Gasteiger partial charge on any atom is -0.304 e. The Morgan fingerprint density at radius 1 is 1.00 bits per heavy atom. The largest absolute Gasteiger partial charge is 0.304 e. The van der Waals surface area contributed by atoms with Gasteiger partial charge in [0.05, 0.1) is 5.30 Å². The van der Waals surface area contributed by atoms with E-state index in [4.69, 9.17) is 11.6 Å². The zero-order valence-corrected chi connectivity index (χ0v) is 15.4. The van der Waals surface area contributed by atoms with Crippen LogP contribution in [0, 0.1) is 11.4 Å². The van der Waals surface area contributed by atoms with Crippen LogP contribution in [0.5, 0.6) is 0 Å². The molecule has 2 aliphatic rings. The molecule has 120 valence electrons. The molecular weight excluding hydrogens is 396 g/mol. The van der Waals surface area contributed by atoms with Crippen molar-refractivity contribution in [2.24, 2.45) is 0 Å². The summed E-state index contributed by atoms with van der Waals surface area (Å²) < 4.78 is 13.8. The van der Waals surface area contributed by atoms with E-state index in [0.29, 0.717) is 11.3 Å². The molecule has 0 nitrogen and oxygen atoms in total. The topological polar surface area (TPSA) is 0 Å². The smallest absolute Gasteiger partial charge is 0.127 e. The van der Waals surface area contributed by atoms with Crippen LogP contribution in [0.1, 0.15) is 51.4 Å². The van der Waals surface area contributed by atoms with Gasteiger partial charge in [0.25, 0.3) is 0 Å². The maximum absolute atomic E-state index is 13.8. The van der Waals surface area contributed by atoms with Gasteiger partial charge in [-0.15, -0.1) is 0 Å². The van der Waals surface area contributed by atoms with Crippen LogP contribution in [0.25, 0.3) is 0 Å². The molecule has 0 N–H and O–H groups in total. The Labute approximate surface area is 147 Å². The van der Waals surface area contributed by atoms with Crippen molar-refractivity contribution in [1.29, 1.82) is 0 Å². The second kappa shape index (κ2) is 7.88. The van der Waals surface area contributed by atoms with E-state index in [1.165, 1.54) is 56.7 Å². The third-order valence-electron chi connectivity index (χ3n) is 5.27. The van der Waals surface area contributed by atoms with E-state index >= 15 is 0 Å². The zero-order valence-electron chi connectivity index (χ0n) is 12.2. The van der Waals surface area contributed by atoms with Crippen molar-refractivity contribution in [1.82, 2.24) is 0 Å². The second-order valence-corrected chi connectivity index (χ2v) is 10.7. The Hall–Kier alpha value is 0.532. The molecule has 0 atom stereocenters. The first-order valence-electron chi connectivity index (χ1n) is 7.86. The quantitative estimate of drug-likeness (QED) is 0.333. The average molecular weight is 419 g/mol. The predicted octanol–water partition coefficient (Wildman–Crippen LogP) is 5.71. The van der Waals surface area contributed by atoms with Crippen molar-refractivity contribution in [2.75, 3.05) is 0 Å². The maximum Gasteiger partial charge on any atom is 0.127 e. The molecule has 0 unspecified atom stereocenters. The third-order valence-corrected chi connectivity index (χ3v) is 11.2. The van der Waals surface area contributed by atoms with Gasteiger partial charge < -0.3 is 11.6 Å². The van der Waals surface area contributed by atoms with Gasteiger partial charge in [-0.25, -0.2) is 4.39 Å². The van der Waals surface area contributed by atoms with Gasteiger partial charge in [0.15, 0.2) is 0 Å². The van der Waals surface area contributed by atoms with Crippen LogP contribution in [0.4, 0.5) is 4.39 Å². The first-order valence-corrected chi connectivity index (χ1v) is 10.3. The van der Waals surface area contributed by atoms with Gasteiger partial charge in [-0.2, -0.15) is 0 Å². The van der Waals surface area contributed by atoms with Gasteiger partial charge in [0, 0.05) is 37.8 Å². The van der Waals surface area contributed by atoms with Crippen molar-refractivity contribution < 1.29 is 24.8 Å². The van der Waals surface area contributed by atoms with Gasteiger partial charge in [-0.1, -0.05) is 18.9 Å². The Morgan fingerprint density at radius 3 is 1.95 bits per heavy atom. The maximum atomic E-state index is 13.8. The fourth-order valence-corrected chi connectivity index (χ4v) is 10.6. The average Bonchev–Trinajstić information content (AvgIpc) is 3.14. The van der Waals surface area contributed by atoms with E-state index in [9.17, 15) is 4.39 Å². The molecule has 2 saturated carbocycles. The summed E-state index contributed by atoms with van der Waals surface area (Å²) in [6, 6.07) is 7.31. The van der Waals surface area contributed by atoms with E-state index in [0.717, 1.165) is 0 Å². The minimum absolute atomic E-state index is 0. The van der Waals surface area contributed by atoms with E-state index in [-0.39, 0.29) is 26.2 Å². The van der Waals surface area contributed by atoms with E-state index < -0.39 is 7.26 Å². The van der Waals surface area contributed by atoms with Crippen molar-refractivity contribution in [2.45, 2.75) is 62.7 Å². The summed E-state index contributed by atoms with van der Waals surface area (Å²) in [7, 11) is -1.55. The number of hydrogen-bond acceptors (Lipinski definition) is 0. The fraction of sp³-hybridized carbons (Fsp3) is 0.588. The van der Waals surface area contributed by atoms with Crippen LogP contribution in [0.2, 0.25) is 0 Å². The molecule has 0 spiro atoms. The fourth-order valence-electron chi connectivity index (χ4n) is 4.32. The molecule has 0 aromatic heterocycles. The number of benzene rings is 1. The summed E-state index contributed by atoms with van der Waals surface area (Å²) in [6.45, 7) is 0. The van der Waals surface area contributed by atoms with Gasteiger partial charge >= 0.3 is 0 Å². The van der Waals surface area contributed by atoms with Crippen LogP contribution in [-0.2, 0) is 20.4 Å². The molecule has 1 aromatic carbocycles. The number of halogens is 2. The number of hydrogen-bond donors (Lipinski definition) is 0. The Kier molecular flexibility index (Phi) is 6.71. The summed E-state index contributed by atoms with van der Waals surface area (Å²) >= 11 is 6.47. The van der Waals surface area contributed by atoms with Crippen LogP contribution in [0.15, 0.2) is 24.3 Å². The zero-order chi connectivity index (χ0) is 14.0. The first kappa shape index (κ1) is 17.9. The molecular formula is C17H23ClFPPd. The van der Waals surface area contributed by atoms with E-state index in [1.54, 1.807) is 12.1 Å². The molecule has 0 bridgehead atoms. The van der Waals surface area contributed by atoms with Gasteiger partial charge in [0.2, 0.25) is 0 Å². The molecule has 3 rings (SSSR count). The molecule has 0 heterocycles. The van der Waals surface area contributed by atoms with Crippen LogP contribution >= 0.6 is 18.9 Å². The summed E-state index contributed by atoms with van der Waals surface area (Å²) in [5, 5.41) is 1.21. The predicted molar refractivity (Wildman–Crippen MR) is 87.6 cm³/mol. The monoisotopic (exact) mass is 418 g/mol.